The van der Waals surface area contributed by atoms with Gasteiger partial charge in [-0.15, -0.1) is 5.10 Å². The lowest BCUT2D eigenvalue weighted by molar-refractivity contribution is -0.118. The van der Waals surface area contributed by atoms with Crippen LogP contribution < -0.4 is 15.0 Å². The van der Waals surface area contributed by atoms with Crippen LogP contribution in [0.1, 0.15) is 38.8 Å². The van der Waals surface area contributed by atoms with Crippen LogP contribution in [0.4, 0.5) is 11.4 Å². The molecule has 1 heterocycles. The number of nitrogens with zero attached hydrogens (tertiary/aromatic N) is 4. The minimum Gasteiger partial charge on any atom is -0.484 e. The Kier molecular flexibility index (Phi) is 8.89. The smallest absolute Gasteiger partial charge is 0.262 e. The highest BCUT2D eigenvalue weighted by atomic mass is 16.5. The molecule has 3 aromatic rings. The predicted molar refractivity (Wildman–Crippen MR) is 155 cm³/mol. The number of aryl methyl sites for hydroxylation is 1. The maximum atomic E-state index is 13.1. The summed E-state index contributed by atoms with van der Waals surface area (Å²) in [6.07, 6.45) is 0. The normalized spacial score (nSPS) is 12.7. The number of nitrogens with one attached hydrogen (secondary N) is 1. The standard InChI is InChI=1S/C31H37N5O2/c1-21(2)18-36(19-22(3)4)30-15-12-24(26-8-6-7-9-27(26)29-17-32-35-34-29)16-28(30)33-31(37)20-38-25-13-10-23(5)11-14-25/h6-16,21-22H,17-20H2,1-5H3,(H,33,37). The number of amides is 1. The van der Waals surface area contributed by atoms with Crippen LogP contribution in [0.25, 0.3) is 11.1 Å². The Morgan fingerprint density at radius 2 is 1.63 bits per heavy atom. The van der Waals surface area contributed by atoms with E-state index in [0.717, 1.165) is 52.4 Å². The number of hydrogen-bond donors (Lipinski definition) is 1. The summed E-state index contributed by atoms with van der Waals surface area (Å²) in [6, 6.07) is 22.1. The first-order valence-corrected chi connectivity index (χ1v) is 13.2. The van der Waals surface area contributed by atoms with Crippen LogP contribution in [0.2, 0.25) is 0 Å². The second-order valence-corrected chi connectivity index (χ2v) is 10.6. The SMILES string of the molecule is Cc1ccc(OCC(=O)Nc2cc(-c3ccccc3C3=NN=NC3)ccc2N(CC(C)C)CC(C)C)cc1. The van der Waals surface area contributed by atoms with E-state index in [2.05, 4.69) is 77.6 Å². The Balaban J connectivity index is 1.67. The van der Waals surface area contributed by atoms with Crippen LogP contribution in [0.5, 0.6) is 5.75 Å². The summed E-state index contributed by atoms with van der Waals surface area (Å²) in [5.41, 5.74) is 6.75. The van der Waals surface area contributed by atoms with Crippen molar-refractivity contribution in [2.45, 2.75) is 34.6 Å². The van der Waals surface area contributed by atoms with Gasteiger partial charge in [-0.1, -0.05) is 75.7 Å². The molecule has 1 aliphatic rings. The van der Waals surface area contributed by atoms with E-state index >= 15 is 0 Å². The molecule has 0 bridgehead atoms. The van der Waals surface area contributed by atoms with Crippen molar-refractivity contribution in [3.63, 3.8) is 0 Å². The fourth-order valence-corrected chi connectivity index (χ4v) is 4.54. The zero-order valence-electron chi connectivity index (χ0n) is 22.9. The first kappa shape index (κ1) is 27.0. The fourth-order valence-electron chi connectivity index (χ4n) is 4.54. The molecule has 0 saturated heterocycles. The molecule has 1 amide bonds. The van der Waals surface area contributed by atoms with Crippen molar-refractivity contribution in [3.05, 3.63) is 77.9 Å². The second-order valence-electron chi connectivity index (χ2n) is 10.6. The summed E-state index contributed by atoms with van der Waals surface area (Å²) in [6.45, 7) is 13.0. The summed E-state index contributed by atoms with van der Waals surface area (Å²) >= 11 is 0. The Morgan fingerprint density at radius 3 is 2.26 bits per heavy atom. The third-order valence-corrected chi connectivity index (χ3v) is 6.17. The largest absolute Gasteiger partial charge is 0.484 e. The topological polar surface area (TPSA) is 78.6 Å². The molecule has 7 heteroatoms. The first-order chi connectivity index (χ1) is 18.3. The number of rotatable bonds is 11. The van der Waals surface area contributed by atoms with Gasteiger partial charge < -0.3 is 15.0 Å². The molecule has 1 N–H and O–H groups in total. The number of benzene rings is 3. The molecule has 4 rings (SSSR count). The lowest BCUT2D eigenvalue weighted by Gasteiger charge is -2.31. The van der Waals surface area contributed by atoms with Gasteiger partial charge in [-0.25, -0.2) is 0 Å². The number of anilines is 2. The molecule has 0 aromatic heterocycles. The lowest BCUT2D eigenvalue weighted by atomic mass is 9.95. The van der Waals surface area contributed by atoms with Gasteiger partial charge in [-0.3, -0.25) is 4.79 Å². The van der Waals surface area contributed by atoms with E-state index in [1.165, 1.54) is 0 Å². The molecule has 198 valence electrons. The van der Waals surface area contributed by atoms with Gasteiger partial charge in [0, 0.05) is 18.7 Å². The van der Waals surface area contributed by atoms with Gasteiger partial charge >= 0.3 is 0 Å². The van der Waals surface area contributed by atoms with E-state index in [1.54, 1.807) is 0 Å². The summed E-state index contributed by atoms with van der Waals surface area (Å²) in [5, 5.41) is 15.2. The van der Waals surface area contributed by atoms with Crippen molar-refractivity contribution in [1.29, 1.82) is 0 Å². The lowest BCUT2D eigenvalue weighted by Crippen LogP contribution is -2.32. The van der Waals surface area contributed by atoms with Crippen LogP contribution in [-0.4, -0.2) is 37.9 Å². The van der Waals surface area contributed by atoms with E-state index in [0.29, 0.717) is 24.1 Å². The van der Waals surface area contributed by atoms with Gasteiger partial charge in [0.05, 0.1) is 17.1 Å². The highest BCUT2D eigenvalue weighted by Crippen LogP contribution is 2.34. The van der Waals surface area contributed by atoms with Gasteiger partial charge in [0.25, 0.3) is 5.91 Å². The summed E-state index contributed by atoms with van der Waals surface area (Å²) in [4.78, 5) is 15.5. The Bertz CT molecular complexity index is 1300. The zero-order chi connectivity index (χ0) is 27.1. The summed E-state index contributed by atoms with van der Waals surface area (Å²) < 4.78 is 5.76. The molecule has 0 fully saturated rings. The van der Waals surface area contributed by atoms with E-state index in [-0.39, 0.29) is 12.5 Å². The maximum Gasteiger partial charge on any atom is 0.262 e. The third kappa shape index (κ3) is 7.06. The number of carbonyl (C=O) groups is 1. The van der Waals surface area contributed by atoms with Crippen molar-refractivity contribution in [2.75, 3.05) is 36.5 Å². The molecule has 0 spiro atoms. The van der Waals surface area contributed by atoms with Crippen molar-refractivity contribution in [1.82, 2.24) is 0 Å². The second kappa shape index (κ2) is 12.5. The summed E-state index contributed by atoms with van der Waals surface area (Å²) in [5.74, 6) is 1.40. The average Bonchev–Trinajstić information content (AvgIpc) is 3.42. The Labute approximate surface area is 225 Å². The molecule has 38 heavy (non-hydrogen) atoms. The minimum absolute atomic E-state index is 0.0719. The van der Waals surface area contributed by atoms with Crippen molar-refractivity contribution < 1.29 is 9.53 Å². The van der Waals surface area contributed by atoms with E-state index in [4.69, 9.17) is 4.74 Å². The zero-order valence-corrected chi connectivity index (χ0v) is 22.9. The molecule has 7 nitrogen and oxygen atoms in total. The van der Waals surface area contributed by atoms with Crippen LogP contribution >= 0.6 is 0 Å². The molecule has 0 aliphatic carbocycles. The van der Waals surface area contributed by atoms with E-state index < -0.39 is 0 Å². The summed E-state index contributed by atoms with van der Waals surface area (Å²) in [7, 11) is 0. The molecule has 0 saturated carbocycles. The van der Waals surface area contributed by atoms with Crippen molar-refractivity contribution in [3.8, 4) is 16.9 Å². The van der Waals surface area contributed by atoms with Crippen LogP contribution in [0, 0.1) is 18.8 Å². The average molecular weight is 512 g/mol. The van der Waals surface area contributed by atoms with Crippen LogP contribution in [-0.2, 0) is 4.79 Å². The molecule has 0 unspecified atom stereocenters. The van der Waals surface area contributed by atoms with E-state index in [9.17, 15) is 4.79 Å². The van der Waals surface area contributed by atoms with E-state index in [1.807, 2.05) is 49.4 Å². The highest BCUT2D eigenvalue weighted by Gasteiger charge is 2.19. The quantitative estimate of drug-likeness (QED) is 0.302. The molecular formula is C31H37N5O2. The highest BCUT2D eigenvalue weighted by molar-refractivity contribution is 6.08. The van der Waals surface area contributed by atoms with Gasteiger partial charge in [-0.2, -0.15) is 5.11 Å². The van der Waals surface area contributed by atoms with Gasteiger partial charge in [-0.05, 0) is 59.4 Å². The van der Waals surface area contributed by atoms with Crippen LogP contribution in [0.15, 0.2) is 82.2 Å². The molecule has 3 aromatic carbocycles. The Morgan fingerprint density at radius 1 is 0.947 bits per heavy atom. The minimum atomic E-state index is -0.205. The number of carbonyl (C=O) groups excluding carboxylic acids is 1. The van der Waals surface area contributed by atoms with Crippen molar-refractivity contribution >= 4 is 23.0 Å². The molecule has 0 atom stereocenters. The molecule has 1 aliphatic heterocycles. The van der Waals surface area contributed by atoms with Gasteiger partial charge in [0.1, 0.15) is 12.3 Å². The molecule has 0 radical (unpaired) electrons. The van der Waals surface area contributed by atoms with Gasteiger partial charge in [0.15, 0.2) is 6.61 Å². The van der Waals surface area contributed by atoms with Gasteiger partial charge in [0.2, 0.25) is 0 Å². The third-order valence-electron chi connectivity index (χ3n) is 6.17. The first-order valence-electron chi connectivity index (χ1n) is 13.2. The maximum absolute atomic E-state index is 13.1. The predicted octanol–water partition coefficient (Wildman–Crippen LogP) is 6.97. The van der Waals surface area contributed by atoms with Crippen LogP contribution in [0.3, 0.4) is 0 Å². The van der Waals surface area contributed by atoms with Crippen molar-refractivity contribution in [2.24, 2.45) is 27.3 Å². The molecular weight excluding hydrogens is 474 g/mol. The monoisotopic (exact) mass is 511 g/mol. The fraction of sp³-hybridized carbons (Fsp3) is 0.355. The Hall–Kier alpha value is -4.00. The number of hydrogen-bond acceptors (Lipinski definition) is 6. The number of ether oxygens (including phenoxy) is 1.